The fourth-order valence-corrected chi connectivity index (χ4v) is 3.74. The molecule has 3 aromatic carbocycles. The van der Waals surface area contributed by atoms with Gasteiger partial charge < -0.3 is 10.1 Å². The summed E-state index contributed by atoms with van der Waals surface area (Å²) >= 11 is 0. The maximum atomic E-state index is 12.7. The summed E-state index contributed by atoms with van der Waals surface area (Å²) in [6.45, 7) is 1.81. The van der Waals surface area contributed by atoms with Crippen molar-refractivity contribution in [3.63, 3.8) is 0 Å². The van der Waals surface area contributed by atoms with Crippen molar-refractivity contribution in [2.75, 3.05) is 0 Å². The number of carbonyl (C=O) groups excluding carboxylic acids is 1. The molecule has 1 aliphatic carbocycles. The van der Waals surface area contributed by atoms with E-state index in [1.54, 1.807) is 0 Å². The summed E-state index contributed by atoms with van der Waals surface area (Å²) in [5.41, 5.74) is 2.58. The number of fused-ring (bicyclic) bond motifs is 2. The van der Waals surface area contributed by atoms with Crippen LogP contribution in [0.3, 0.4) is 0 Å². The normalized spacial score (nSPS) is 17.3. The van der Waals surface area contributed by atoms with Crippen molar-refractivity contribution in [3.05, 3.63) is 77.9 Å². The van der Waals surface area contributed by atoms with E-state index >= 15 is 0 Å². The van der Waals surface area contributed by atoms with E-state index in [9.17, 15) is 4.79 Å². The zero-order valence-electron chi connectivity index (χ0n) is 14.9. The van der Waals surface area contributed by atoms with Crippen molar-refractivity contribution in [2.45, 2.75) is 38.3 Å². The number of hydrogen-bond acceptors (Lipinski definition) is 2. The van der Waals surface area contributed by atoms with Gasteiger partial charge in [-0.25, -0.2) is 0 Å². The molecule has 26 heavy (non-hydrogen) atoms. The van der Waals surface area contributed by atoms with Crippen LogP contribution in [0.5, 0.6) is 5.75 Å². The molecule has 0 aromatic heterocycles. The molecule has 1 amide bonds. The quantitative estimate of drug-likeness (QED) is 0.737. The van der Waals surface area contributed by atoms with Gasteiger partial charge in [-0.1, -0.05) is 60.7 Å². The van der Waals surface area contributed by atoms with E-state index in [2.05, 4.69) is 23.5 Å². The highest BCUT2D eigenvalue weighted by molar-refractivity contribution is 5.89. The monoisotopic (exact) mass is 345 g/mol. The summed E-state index contributed by atoms with van der Waals surface area (Å²) < 4.78 is 6.01. The third-order valence-corrected chi connectivity index (χ3v) is 5.11. The molecule has 0 aliphatic heterocycles. The highest BCUT2D eigenvalue weighted by Crippen LogP contribution is 2.30. The van der Waals surface area contributed by atoms with Gasteiger partial charge in [0.25, 0.3) is 5.91 Å². The minimum Gasteiger partial charge on any atom is -0.480 e. The van der Waals surface area contributed by atoms with Gasteiger partial charge in [-0.2, -0.15) is 0 Å². The Hall–Kier alpha value is -2.81. The van der Waals surface area contributed by atoms with Crippen LogP contribution >= 0.6 is 0 Å². The number of amides is 1. The first-order valence-electron chi connectivity index (χ1n) is 9.25. The molecular weight excluding hydrogens is 322 g/mol. The number of benzene rings is 3. The van der Waals surface area contributed by atoms with Crippen molar-refractivity contribution in [2.24, 2.45) is 0 Å². The third-order valence-electron chi connectivity index (χ3n) is 5.11. The Balaban J connectivity index is 1.49. The third kappa shape index (κ3) is 3.30. The second kappa shape index (κ2) is 7.20. The van der Waals surface area contributed by atoms with Gasteiger partial charge in [-0.05, 0) is 48.8 Å². The molecule has 0 saturated carbocycles. The van der Waals surface area contributed by atoms with E-state index < -0.39 is 6.10 Å². The van der Waals surface area contributed by atoms with E-state index in [1.807, 2.05) is 55.5 Å². The van der Waals surface area contributed by atoms with Crippen LogP contribution in [0.25, 0.3) is 10.8 Å². The summed E-state index contributed by atoms with van der Waals surface area (Å²) in [5, 5.41) is 5.31. The molecule has 0 heterocycles. The fraction of sp³-hybridized carbons (Fsp3) is 0.261. The Morgan fingerprint density at radius 2 is 1.81 bits per heavy atom. The molecule has 0 bridgehead atoms. The lowest BCUT2D eigenvalue weighted by Crippen LogP contribution is -2.39. The molecule has 0 fully saturated rings. The second-order valence-electron chi connectivity index (χ2n) is 6.89. The van der Waals surface area contributed by atoms with Gasteiger partial charge in [0.2, 0.25) is 0 Å². The average molecular weight is 345 g/mol. The van der Waals surface area contributed by atoms with Gasteiger partial charge in [0.05, 0.1) is 6.04 Å². The minimum absolute atomic E-state index is 0.0698. The van der Waals surface area contributed by atoms with Crippen LogP contribution in [0.1, 0.15) is 36.9 Å². The van der Waals surface area contributed by atoms with E-state index in [0.717, 1.165) is 35.8 Å². The first-order chi connectivity index (χ1) is 12.7. The van der Waals surface area contributed by atoms with E-state index in [0.29, 0.717) is 0 Å². The van der Waals surface area contributed by atoms with Crippen molar-refractivity contribution in [1.82, 2.24) is 5.32 Å². The maximum absolute atomic E-state index is 12.7. The van der Waals surface area contributed by atoms with Crippen LogP contribution in [0.2, 0.25) is 0 Å². The molecule has 2 unspecified atom stereocenters. The number of nitrogens with one attached hydrogen (secondary N) is 1. The average Bonchev–Trinajstić information content (AvgIpc) is 2.68. The molecule has 3 nitrogen and oxygen atoms in total. The molecule has 0 radical (unpaired) electrons. The first kappa shape index (κ1) is 16.6. The van der Waals surface area contributed by atoms with Crippen molar-refractivity contribution in [3.8, 4) is 5.75 Å². The molecule has 1 N–H and O–H groups in total. The maximum Gasteiger partial charge on any atom is 0.261 e. The van der Waals surface area contributed by atoms with E-state index in [4.69, 9.17) is 4.74 Å². The van der Waals surface area contributed by atoms with Gasteiger partial charge in [-0.3, -0.25) is 4.79 Å². The summed E-state index contributed by atoms with van der Waals surface area (Å²) in [5.74, 6) is 0.675. The standard InChI is InChI=1S/C23H23NO2/c1-16(26-22-15-7-11-18-9-3-5-13-20(18)22)23(25)24-21-14-6-10-17-8-2-4-12-19(17)21/h2-5,7-9,11-13,15-16,21H,6,10,14H2,1H3,(H,24,25). The molecule has 3 aromatic rings. The lowest BCUT2D eigenvalue weighted by Gasteiger charge is -2.27. The van der Waals surface area contributed by atoms with Gasteiger partial charge in [0.15, 0.2) is 6.10 Å². The molecule has 0 saturated heterocycles. The van der Waals surface area contributed by atoms with Crippen LogP contribution in [-0.4, -0.2) is 12.0 Å². The lowest BCUT2D eigenvalue weighted by atomic mass is 9.87. The Morgan fingerprint density at radius 1 is 1.04 bits per heavy atom. The van der Waals surface area contributed by atoms with E-state index in [-0.39, 0.29) is 11.9 Å². The Bertz CT molecular complexity index is 929. The fourth-order valence-electron chi connectivity index (χ4n) is 3.74. The SMILES string of the molecule is CC(Oc1cccc2ccccc12)C(=O)NC1CCCc2ccccc21. The Morgan fingerprint density at radius 3 is 2.73 bits per heavy atom. The van der Waals surface area contributed by atoms with Crippen LogP contribution in [0, 0.1) is 0 Å². The topological polar surface area (TPSA) is 38.3 Å². The summed E-state index contributed by atoms with van der Waals surface area (Å²) in [6, 6.07) is 22.4. The summed E-state index contributed by atoms with van der Waals surface area (Å²) in [7, 11) is 0. The number of ether oxygens (including phenoxy) is 1. The predicted octanol–water partition coefficient (Wildman–Crippen LogP) is 4.80. The first-order valence-corrected chi connectivity index (χ1v) is 9.25. The van der Waals surface area contributed by atoms with Gasteiger partial charge >= 0.3 is 0 Å². The molecule has 132 valence electrons. The summed E-state index contributed by atoms with van der Waals surface area (Å²) in [6.07, 6.45) is 2.62. The zero-order valence-corrected chi connectivity index (χ0v) is 14.9. The highest BCUT2D eigenvalue weighted by atomic mass is 16.5. The number of aryl methyl sites for hydroxylation is 1. The van der Waals surface area contributed by atoms with Crippen molar-refractivity contribution in [1.29, 1.82) is 0 Å². The highest BCUT2D eigenvalue weighted by Gasteiger charge is 2.24. The number of hydrogen-bond donors (Lipinski definition) is 1. The van der Waals surface area contributed by atoms with Crippen LogP contribution in [0.4, 0.5) is 0 Å². The zero-order chi connectivity index (χ0) is 17.9. The number of carbonyl (C=O) groups is 1. The van der Waals surface area contributed by atoms with Crippen molar-refractivity contribution < 1.29 is 9.53 Å². The summed E-state index contributed by atoms with van der Waals surface area (Å²) in [4.78, 5) is 12.7. The molecule has 4 rings (SSSR count). The smallest absolute Gasteiger partial charge is 0.261 e. The van der Waals surface area contributed by atoms with Crippen LogP contribution in [0.15, 0.2) is 66.7 Å². The van der Waals surface area contributed by atoms with E-state index in [1.165, 1.54) is 11.1 Å². The van der Waals surface area contributed by atoms with Gasteiger partial charge in [0.1, 0.15) is 5.75 Å². The lowest BCUT2D eigenvalue weighted by molar-refractivity contribution is -0.128. The predicted molar refractivity (Wildman–Crippen MR) is 104 cm³/mol. The van der Waals surface area contributed by atoms with Crippen LogP contribution < -0.4 is 10.1 Å². The molecule has 0 spiro atoms. The van der Waals surface area contributed by atoms with Crippen LogP contribution in [-0.2, 0) is 11.2 Å². The molecule has 3 heteroatoms. The molecule has 2 atom stereocenters. The minimum atomic E-state index is -0.546. The Labute approximate surface area is 154 Å². The van der Waals surface area contributed by atoms with Gasteiger partial charge in [0, 0.05) is 5.39 Å². The molecule has 1 aliphatic rings. The second-order valence-corrected chi connectivity index (χ2v) is 6.89. The Kier molecular flexibility index (Phi) is 4.61. The number of rotatable bonds is 4. The van der Waals surface area contributed by atoms with Gasteiger partial charge in [-0.15, -0.1) is 0 Å². The largest absolute Gasteiger partial charge is 0.480 e. The van der Waals surface area contributed by atoms with Crippen molar-refractivity contribution >= 4 is 16.7 Å². The molecular formula is C23H23NO2.